The van der Waals surface area contributed by atoms with E-state index in [2.05, 4.69) is 33.0 Å². The van der Waals surface area contributed by atoms with E-state index in [1.54, 1.807) is 0 Å². The van der Waals surface area contributed by atoms with Crippen LogP contribution in [0, 0.1) is 37.0 Å². The largest absolute Gasteiger partial charge is 0.458 e. The minimum Gasteiger partial charge on any atom is -0.458 e. The summed E-state index contributed by atoms with van der Waals surface area (Å²) in [6.07, 6.45) is 12.3. The number of nitrogens with zero attached hydrogens (tertiary/aromatic N) is 4. The fraction of sp³-hybridized carbons (Fsp3) is 0.718. The lowest BCUT2D eigenvalue weighted by Gasteiger charge is -2.39. The van der Waals surface area contributed by atoms with Crippen LogP contribution in [0.25, 0.3) is 0 Å². The van der Waals surface area contributed by atoms with E-state index in [1.165, 1.54) is 36.9 Å². The first-order valence-corrected chi connectivity index (χ1v) is 19.2. The Morgan fingerprint density at radius 3 is 2.64 bits per heavy atom. The lowest BCUT2D eigenvalue weighted by Crippen LogP contribution is -2.49. The molecule has 7 rings (SSSR count). The van der Waals surface area contributed by atoms with E-state index in [9.17, 15) is 9.59 Å². The molecule has 11 nitrogen and oxygen atoms in total. The molecule has 3 bridgehead atoms. The number of alkyl carbamates (subject to hydrolysis) is 1. The Bertz CT molecular complexity index is 1570. The summed E-state index contributed by atoms with van der Waals surface area (Å²) in [6.45, 7) is 12.6. The first-order chi connectivity index (χ1) is 23.9. The van der Waals surface area contributed by atoms with E-state index in [4.69, 9.17) is 24.4 Å². The van der Waals surface area contributed by atoms with Crippen LogP contribution in [-0.4, -0.2) is 71.4 Å². The van der Waals surface area contributed by atoms with Gasteiger partial charge in [0.05, 0.1) is 6.61 Å². The molecule has 2 aromatic rings. The molecule has 0 spiro atoms. The highest BCUT2D eigenvalue weighted by molar-refractivity contribution is 5.82. The predicted molar refractivity (Wildman–Crippen MR) is 195 cm³/mol. The van der Waals surface area contributed by atoms with Gasteiger partial charge in [-0.25, -0.2) is 24.5 Å². The minimum atomic E-state index is -0.951. The topological polar surface area (TPSA) is 131 Å². The second-order valence-electron chi connectivity index (χ2n) is 16.9. The van der Waals surface area contributed by atoms with Gasteiger partial charge in [0.1, 0.15) is 34.9 Å². The first-order valence-electron chi connectivity index (χ1n) is 19.2. The van der Waals surface area contributed by atoms with Gasteiger partial charge in [-0.15, -0.1) is 0 Å². The van der Waals surface area contributed by atoms with Crippen molar-refractivity contribution in [2.75, 3.05) is 48.3 Å². The van der Waals surface area contributed by atoms with Crippen molar-refractivity contribution in [2.45, 2.75) is 123 Å². The number of amides is 1. The fourth-order valence-electron chi connectivity index (χ4n) is 9.71. The summed E-state index contributed by atoms with van der Waals surface area (Å²) >= 11 is 0. The number of aryl methyl sites for hydroxylation is 2. The maximum Gasteiger partial charge on any atom is 0.407 e. The molecular formula is C39H57N7O4. The highest BCUT2D eigenvalue weighted by Crippen LogP contribution is 2.58. The Labute approximate surface area is 297 Å². The summed E-state index contributed by atoms with van der Waals surface area (Å²) in [5.41, 5.74) is 2.77. The van der Waals surface area contributed by atoms with Crippen LogP contribution in [0.2, 0.25) is 0 Å². The zero-order valence-corrected chi connectivity index (χ0v) is 30.8. The van der Waals surface area contributed by atoms with Crippen molar-refractivity contribution in [2.24, 2.45) is 23.2 Å². The fourth-order valence-corrected chi connectivity index (χ4v) is 9.71. The summed E-state index contributed by atoms with van der Waals surface area (Å²) < 4.78 is 11.7. The van der Waals surface area contributed by atoms with Gasteiger partial charge >= 0.3 is 12.1 Å². The van der Waals surface area contributed by atoms with Gasteiger partial charge in [0.2, 0.25) is 0 Å². The molecule has 11 heteroatoms. The first kappa shape index (κ1) is 34.8. The third-order valence-corrected chi connectivity index (χ3v) is 12.0. The Morgan fingerprint density at radius 2 is 1.84 bits per heavy atom. The molecule has 0 aromatic carbocycles. The van der Waals surface area contributed by atoms with Crippen LogP contribution in [0.3, 0.4) is 0 Å². The normalized spacial score (nSPS) is 26.7. The average Bonchev–Trinajstić information content (AvgIpc) is 3.31. The number of carbonyl (C=O) groups is 2. The molecule has 272 valence electrons. The van der Waals surface area contributed by atoms with E-state index in [1.807, 2.05) is 34.6 Å². The molecule has 4 heterocycles. The minimum absolute atomic E-state index is 0.0740. The number of anilines is 3. The Morgan fingerprint density at radius 1 is 1.04 bits per heavy atom. The van der Waals surface area contributed by atoms with Gasteiger partial charge in [0, 0.05) is 48.8 Å². The van der Waals surface area contributed by atoms with Crippen molar-refractivity contribution in [1.82, 2.24) is 20.3 Å². The number of fused-ring (bicyclic) bond motifs is 3. The van der Waals surface area contributed by atoms with Crippen LogP contribution in [-0.2, 0) is 20.7 Å². The van der Waals surface area contributed by atoms with Gasteiger partial charge in [-0.3, -0.25) is 0 Å². The molecular weight excluding hydrogens is 630 g/mol. The second-order valence-corrected chi connectivity index (χ2v) is 16.9. The number of hydrogen-bond acceptors (Lipinski definition) is 10. The monoisotopic (exact) mass is 687 g/mol. The Balaban J connectivity index is 0.988. The molecule has 4 fully saturated rings. The molecule has 50 heavy (non-hydrogen) atoms. The van der Waals surface area contributed by atoms with Crippen molar-refractivity contribution >= 4 is 29.5 Å². The number of pyridine rings is 1. The van der Waals surface area contributed by atoms with E-state index in [-0.39, 0.29) is 12.0 Å². The summed E-state index contributed by atoms with van der Waals surface area (Å²) in [5.74, 6) is 5.54. The molecule has 1 unspecified atom stereocenters. The summed E-state index contributed by atoms with van der Waals surface area (Å²) in [6, 6.07) is 3.51. The van der Waals surface area contributed by atoms with Crippen molar-refractivity contribution in [3.05, 3.63) is 34.8 Å². The smallest absolute Gasteiger partial charge is 0.407 e. The highest BCUT2D eigenvalue weighted by Gasteiger charge is 2.50. The number of esters is 1. The van der Waals surface area contributed by atoms with Crippen LogP contribution in [0.4, 0.5) is 22.2 Å². The van der Waals surface area contributed by atoms with Gasteiger partial charge in [-0.1, -0.05) is 18.9 Å². The van der Waals surface area contributed by atoms with Crippen LogP contribution in [0.1, 0.15) is 114 Å². The zero-order chi connectivity index (χ0) is 35.0. The third kappa shape index (κ3) is 7.81. The molecule has 1 saturated heterocycles. The number of hydrogen-bond donors (Lipinski definition) is 3. The molecule has 3 aliphatic carbocycles. The number of piperidine rings is 1. The molecule has 2 aliphatic heterocycles. The van der Waals surface area contributed by atoms with Crippen molar-refractivity contribution in [3.63, 3.8) is 0 Å². The van der Waals surface area contributed by atoms with Gasteiger partial charge in [-0.05, 0) is 122 Å². The van der Waals surface area contributed by atoms with Crippen LogP contribution >= 0.6 is 0 Å². The summed E-state index contributed by atoms with van der Waals surface area (Å²) in [5, 5.41) is 9.68. The molecule has 5 atom stereocenters. The van der Waals surface area contributed by atoms with E-state index in [0.29, 0.717) is 24.2 Å². The number of aromatic nitrogens is 3. The van der Waals surface area contributed by atoms with E-state index in [0.717, 1.165) is 99.5 Å². The molecule has 3 N–H and O–H groups in total. The number of ether oxygens (including phenoxy) is 2. The lowest BCUT2D eigenvalue weighted by atomic mass is 9.68. The van der Waals surface area contributed by atoms with Gasteiger partial charge in [0.25, 0.3) is 0 Å². The van der Waals surface area contributed by atoms with Gasteiger partial charge in [0.15, 0.2) is 0 Å². The zero-order valence-electron chi connectivity index (χ0n) is 30.8. The van der Waals surface area contributed by atoms with Gasteiger partial charge in [-0.2, -0.15) is 0 Å². The van der Waals surface area contributed by atoms with Crippen LogP contribution in [0.5, 0.6) is 0 Å². The Kier molecular flexibility index (Phi) is 9.87. The van der Waals surface area contributed by atoms with E-state index >= 15 is 0 Å². The molecule has 0 radical (unpaired) electrons. The second kappa shape index (κ2) is 14.2. The van der Waals surface area contributed by atoms with Crippen LogP contribution < -0.4 is 20.9 Å². The highest BCUT2D eigenvalue weighted by atomic mass is 16.6. The average molecular weight is 688 g/mol. The molecule has 5 aliphatic rings. The standard InChI is InChI=1S/C39H57N7O4/c1-24-33(42-25(2)43-35(24)46-16-12-27(13-17-46)31-11-10-28-9-7-15-40-34(28)44-31)41-22-32(36(47)50-38(3,4)5)45-37(48)49-23-39-14-6-8-29-18-26(20-39)19-30(29)21-39/h10-11,26-27,29-30,32H,6-9,12-23H2,1-5H3,(H,40,44)(H,45,48)(H,41,42,43)/t26-,29-,30?,32-,39-/m0/s1. The van der Waals surface area contributed by atoms with Gasteiger partial charge < -0.3 is 30.3 Å². The van der Waals surface area contributed by atoms with Crippen LogP contribution in [0.15, 0.2) is 12.1 Å². The molecule has 2 aromatic heterocycles. The van der Waals surface area contributed by atoms with Crippen molar-refractivity contribution < 1.29 is 19.1 Å². The summed E-state index contributed by atoms with van der Waals surface area (Å²) in [7, 11) is 0. The number of nitrogens with one attached hydrogen (secondary N) is 3. The SMILES string of the molecule is Cc1nc(NC[C@H](NC(=O)OC[C@]23CCC[C@H]4C[C@@H](CC4C2)C3)C(=O)OC(C)(C)C)c(C)c(N2CCC(c3ccc4c(n3)NCCC4)CC2)n1. The number of carbonyl (C=O) groups excluding carboxylic acids is 2. The molecule has 1 amide bonds. The quantitative estimate of drug-likeness (QED) is 0.245. The summed E-state index contributed by atoms with van der Waals surface area (Å²) in [4.78, 5) is 43.6. The third-order valence-electron chi connectivity index (χ3n) is 12.0. The number of rotatable bonds is 9. The predicted octanol–water partition coefficient (Wildman–Crippen LogP) is 6.69. The molecule has 3 saturated carbocycles. The van der Waals surface area contributed by atoms with Crippen molar-refractivity contribution in [1.29, 1.82) is 0 Å². The lowest BCUT2D eigenvalue weighted by molar-refractivity contribution is -0.156. The van der Waals surface area contributed by atoms with Crippen molar-refractivity contribution in [3.8, 4) is 0 Å². The van der Waals surface area contributed by atoms with E-state index < -0.39 is 23.7 Å². The maximum atomic E-state index is 13.4. The maximum absolute atomic E-state index is 13.4. The Hall–Kier alpha value is -3.63.